The standard InChI is InChI=1S/C29H32F2N6O/c1-20-28(22-15-32-27(19-38)33-16-22)35-37(24-10-6-3-7-11-24)29(20)34-23-14-25(36(17-23)18-26(30)31)13-12-21-8-4-2-5-9-21/h2-11,15-16,23,25-26,34,38H,12-14,17-19H2,1H3/t23?,25-/m0/s1. The van der Waals surface area contributed by atoms with Crippen molar-refractivity contribution in [1.29, 1.82) is 0 Å². The van der Waals surface area contributed by atoms with E-state index in [0.29, 0.717) is 12.4 Å². The first kappa shape index (κ1) is 25.9. The lowest BCUT2D eigenvalue weighted by Crippen LogP contribution is -2.35. The zero-order chi connectivity index (χ0) is 26.5. The van der Waals surface area contributed by atoms with Crippen LogP contribution in [-0.4, -0.2) is 61.4 Å². The van der Waals surface area contributed by atoms with Crippen LogP contribution in [-0.2, 0) is 13.0 Å². The molecular formula is C29H32F2N6O. The Kier molecular flexibility index (Phi) is 8.05. The lowest BCUT2D eigenvalue weighted by atomic mass is 10.0. The minimum absolute atomic E-state index is 0.00625. The van der Waals surface area contributed by atoms with Gasteiger partial charge in [0.15, 0.2) is 5.82 Å². The molecule has 3 heterocycles. The Morgan fingerprint density at radius 3 is 2.37 bits per heavy atom. The maximum atomic E-state index is 13.5. The molecule has 0 aliphatic carbocycles. The second-order valence-corrected chi connectivity index (χ2v) is 9.72. The number of aromatic nitrogens is 4. The van der Waals surface area contributed by atoms with Gasteiger partial charge in [0, 0.05) is 42.1 Å². The molecule has 2 atom stereocenters. The second kappa shape index (κ2) is 11.8. The van der Waals surface area contributed by atoms with Gasteiger partial charge in [-0.3, -0.25) is 4.90 Å². The van der Waals surface area contributed by atoms with Crippen LogP contribution in [0.25, 0.3) is 16.9 Å². The first-order valence-electron chi connectivity index (χ1n) is 12.9. The third-order valence-corrected chi connectivity index (χ3v) is 7.09. The first-order valence-corrected chi connectivity index (χ1v) is 12.9. The van der Waals surface area contributed by atoms with Crippen LogP contribution < -0.4 is 5.32 Å². The van der Waals surface area contributed by atoms with Crippen molar-refractivity contribution in [1.82, 2.24) is 24.6 Å². The highest BCUT2D eigenvalue weighted by Crippen LogP contribution is 2.33. The number of nitrogens with one attached hydrogen (secondary N) is 1. The molecule has 1 aliphatic heterocycles. The Labute approximate surface area is 221 Å². The minimum Gasteiger partial charge on any atom is -0.388 e. The van der Waals surface area contributed by atoms with E-state index >= 15 is 0 Å². The van der Waals surface area contributed by atoms with E-state index < -0.39 is 6.43 Å². The summed E-state index contributed by atoms with van der Waals surface area (Å²) >= 11 is 0. The Morgan fingerprint density at radius 1 is 1.03 bits per heavy atom. The summed E-state index contributed by atoms with van der Waals surface area (Å²) in [6, 6.07) is 20.1. The minimum atomic E-state index is -2.38. The number of hydrogen-bond donors (Lipinski definition) is 2. The molecule has 2 N–H and O–H groups in total. The van der Waals surface area contributed by atoms with Crippen LogP contribution in [0.15, 0.2) is 73.1 Å². The smallest absolute Gasteiger partial charge is 0.251 e. The Morgan fingerprint density at radius 2 is 1.71 bits per heavy atom. The number of hydrogen-bond acceptors (Lipinski definition) is 6. The number of anilines is 1. The van der Waals surface area contributed by atoms with E-state index in [1.54, 1.807) is 12.4 Å². The van der Waals surface area contributed by atoms with Crippen molar-refractivity contribution >= 4 is 5.82 Å². The average molecular weight is 519 g/mol. The monoisotopic (exact) mass is 518 g/mol. The summed E-state index contributed by atoms with van der Waals surface area (Å²) in [6.45, 7) is 2.07. The largest absolute Gasteiger partial charge is 0.388 e. The summed E-state index contributed by atoms with van der Waals surface area (Å²) < 4.78 is 28.8. The summed E-state index contributed by atoms with van der Waals surface area (Å²) in [6.07, 6.45) is 3.39. The summed E-state index contributed by atoms with van der Waals surface area (Å²) in [5.74, 6) is 1.17. The van der Waals surface area contributed by atoms with Gasteiger partial charge in [0.1, 0.15) is 18.1 Å². The number of aryl methyl sites for hydroxylation is 1. The van der Waals surface area contributed by atoms with Crippen molar-refractivity contribution in [2.24, 2.45) is 0 Å². The molecule has 0 bridgehead atoms. The third-order valence-electron chi connectivity index (χ3n) is 7.09. The van der Waals surface area contributed by atoms with Crippen molar-refractivity contribution < 1.29 is 13.9 Å². The van der Waals surface area contributed by atoms with Crippen molar-refractivity contribution in [3.05, 3.63) is 90.0 Å². The Bertz CT molecular complexity index is 1310. The van der Waals surface area contributed by atoms with E-state index in [0.717, 1.165) is 47.6 Å². The molecule has 0 spiro atoms. The summed E-state index contributed by atoms with van der Waals surface area (Å²) in [4.78, 5) is 10.4. The molecule has 7 nitrogen and oxygen atoms in total. The quantitative estimate of drug-likeness (QED) is 0.312. The number of nitrogens with zero attached hydrogens (tertiary/aromatic N) is 5. The van der Waals surface area contributed by atoms with Crippen LogP contribution in [0.4, 0.5) is 14.6 Å². The predicted molar refractivity (Wildman–Crippen MR) is 143 cm³/mol. The molecule has 5 rings (SSSR count). The van der Waals surface area contributed by atoms with Gasteiger partial charge in [-0.15, -0.1) is 0 Å². The van der Waals surface area contributed by atoms with Gasteiger partial charge in [-0.2, -0.15) is 5.10 Å². The van der Waals surface area contributed by atoms with Gasteiger partial charge < -0.3 is 10.4 Å². The first-order chi connectivity index (χ1) is 18.5. The fourth-order valence-corrected chi connectivity index (χ4v) is 5.22. The van der Waals surface area contributed by atoms with Crippen LogP contribution in [0.1, 0.15) is 29.8 Å². The highest BCUT2D eigenvalue weighted by Gasteiger charge is 2.34. The molecule has 9 heteroatoms. The predicted octanol–water partition coefficient (Wildman–Crippen LogP) is 4.88. The Balaban J connectivity index is 1.41. The normalized spacial score (nSPS) is 17.8. The van der Waals surface area contributed by atoms with Crippen LogP contribution in [0.2, 0.25) is 0 Å². The van der Waals surface area contributed by atoms with E-state index in [-0.39, 0.29) is 25.2 Å². The van der Waals surface area contributed by atoms with Crippen LogP contribution in [0, 0.1) is 6.92 Å². The van der Waals surface area contributed by atoms with Crippen LogP contribution in [0.5, 0.6) is 0 Å². The summed E-state index contributed by atoms with van der Waals surface area (Å²) in [5, 5.41) is 17.8. The number of rotatable bonds is 10. The van der Waals surface area contributed by atoms with E-state index in [1.807, 2.05) is 65.0 Å². The fraction of sp³-hybridized carbons (Fsp3) is 0.345. The Hall–Kier alpha value is -3.69. The molecule has 1 unspecified atom stereocenters. The summed E-state index contributed by atoms with van der Waals surface area (Å²) in [5.41, 5.74) is 4.49. The molecule has 2 aromatic heterocycles. The maximum Gasteiger partial charge on any atom is 0.251 e. The van der Waals surface area contributed by atoms with Gasteiger partial charge in [0.2, 0.25) is 0 Å². The summed E-state index contributed by atoms with van der Waals surface area (Å²) in [7, 11) is 0. The van der Waals surface area contributed by atoms with Gasteiger partial charge in [-0.1, -0.05) is 48.5 Å². The fourth-order valence-electron chi connectivity index (χ4n) is 5.22. The molecule has 38 heavy (non-hydrogen) atoms. The molecule has 2 aromatic carbocycles. The molecule has 4 aromatic rings. The van der Waals surface area contributed by atoms with E-state index in [1.165, 1.54) is 5.56 Å². The van der Waals surface area contributed by atoms with E-state index in [2.05, 4.69) is 27.4 Å². The highest BCUT2D eigenvalue weighted by molar-refractivity contribution is 5.69. The van der Waals surface area contributed by atoms with Gasteiger partial charge in [-0.25, -0.2) is 23.4 Å². The topological polar surface area (TPSA) is 79.1 Å². The number of aliphatic hydroxyl groups is 1. The lowest BCUT2D eigenvalue weighted by Gasteiger charge is -2.23. The molecule has 0 radical (unpaired) electrons. The van der Waals surface area contributed by atoms with Gasteiger partial charge in [0.05, 0.1) is 12.2 Å². The molecule has 198 valence electrons. The number of benzene rings is 2. The van der Waals surface area contributed by atoms with Crippen molar-refractivity contribution in [3.63, 3.8) is 0 Å². The van der Waals surface area contributed by atoms with Crippen LogP contribution in [0.3, 0.4) is 0 Å². The van der Waals surface area contributed by atoms with Crippen molar-refractivity contribution in [3.8, 4) is 16.9 Å². The highest BCUT2D eigenvalue weighted by atomic mass is 19.3. The van der Waals surface area contributed by atoms with Gasteiger partial charge in [0.25, 0.3) is 6.43 Å². The molecule has 1 fully saturated rings. The number of halogens is 2. The number of likely N-dealkylation sites (tertiary alicyclic amines) is 1. The van der Waals surface area contributed by atoms with Gasteiger partial charge >= 0.3 is 0 Å². The SMILES string of the molecule is Cc1c(-c2cnc(CO)nc2)nn(-c2ccccc2)c1NC1C[C@H](CCc2ccccc2)N(CC(F)F)C1. The van der Waals surface area contributed by atoms with E-state index in [9.17, 15) is 13.9 Å². The van der Waals surface area contributed by atoms with Gasteiger partial charge in [-0.05, 0) is 43.9 Å². The van der Waals surface area contributed by atoms with Crippen molar-refractivity contribution in [2.45, 2.75) is 51.3 Å². The second-order valence-electron chi connectivity index (χ2n) is 9.72. The molecule has 0 saturated carbocycles. The van der Waals surface area contributed by atoms with Crippen molar-refractivity contribution in [2.75, 3.05) is 18.4 Å². The average Bonchev–Trinajstić information content (AvgIpc) is 3.48. The molecule has 1 aliphatic rings. The zero-order valence-corrected chi connectivity index (χ0v) is 21.3. The number of para-hydroxylation sites is 1. The lowest BCUT2D eigenvalue weighted by molar-refractivity contribution is 0.0803. The van der Waals surface area contributed by atoms with E-state index in [4.69, 9.17) is 5.10 Å². The third kappa shape index (κ3) is 5.89. The number of aliphatic hydroxyl groups excluding tert-OH is 1. The zero-order valence-electron chi connectivity index (χ0n) is 21.3. The van der Waals surface area contributed by atoms with Crippen LogP contribution >= 0.6 is 0 Å². The molecular weight excluding hydrogens is 486 g/mol. The molecule has 1 saturated heterocycles. The maximum absolute atomic E-state index is 13.5. The number of alkyl halides is 2. The molecule has 0 amide bonds.